The molecule has 19 heavy (non-hydrogen) atoms. The molecule has 4 nitrogen and oxygen atoms in total. The molecule has 0 unspecified atom stereocenters. The van der Waals surface area contributed by atoms with Gasteiger partial charge in [0.1, 0.15) is 5.75 Å². The third-order valence-corrected chi connectivity index (χ3v) is 4.86. The number of primary sulfonamides is 1. The topological polar surface area (TPSA) is 69.4 Å². The predicted molar refractivity (Wildman–Crippen MR) is 80.6 cm³/mol. The summed E-state index contributed by atoms with van der Waals surface area (Å²) in [5.41, 5.74) is -0.435. The minimum absolute atomic E-state index is 0.0546. The first-order valence-corrected chi connectivity index (χ1v) is 8.70. The molecule has 0 spiro atoms. The lowest BCUT2D eigenvalue weighted by Crippen LogP contribution is -2.37. The zero-order chi connectivity index (χ0) is 14.5. The van der Waals surface area contributed by atoms with Crippen molar-refractivity contribution in [2.75, 3.05) is 12.4 Å². The first kappa shape index (κ1) is 16.5. The summed E-state index contributed by atoms with van der Waals surface area (Å²) in [5, 5.41) is 5.17. The second-order valence-electron chi connectivity index (χ2n) is 4.76. The zero-order valence-corrected chi connectivity index (χ0v) is 13.6. The number of benzene rings is 1. The van der Waals surface area contributed by atoms with Crippen LogP contribution < -0.4 is 9.88 Å². The number of sulfonamides is 1. The molecule has 0 radical (unpaired) electrons. The minimum Gasteiger partial charge on any atom is -0.493 e. The van der Waals surface area contributed by atoms with Crippen molar-refractivity contribution in [3.05, 3.63) is 28.7 Å². The van der Waals surface area contributed by atoms with Crippen molar-refractivity contribution in [2.45, 2.75) is 26.7 Å². The van der Waals surface area contributed by atoms with E-state index in [2.05, 4.69) is 15.9 Å². The van der Waals surface area contributed by atoms with Crippen LogP contribution in [-0.4, -0.2) is 20.8 Å². The molecule has 108 valence electrons. The van der Waals surface area contributed by atoms with E-state index < -0.39 is 15.4 Å². The molecule has 6 heteroatoms. The molecule has 0 heterocycles. The highest BCUT2D eigenvalue weighted by molar-refractivity contribution is 9.10. The molecule has 1 aromatic carbocycles. The van der Waals surface area contributed by atoms with Crippen LogP contribution in [0, 0.1) is 5.41 Å². The highest BCUT2D eigenvalue weighted by atomic mass is 79.9. The smallest absolute Gasteiger partial charge is 0.209 e. The summed E-state index contributed by atoms with van der Waals surface area (Å²) in [6.07, 6.45) is 1.40. The Balaban J connectivity index is 2.79. The Morgan fingerprint density at radius 2 is 1.95 bits per heavy atom. The van der Waals surface area contributed by atoms with Crippen LogP contribution in [-0.2, 0) is 10.0 Å². The molecule has 0 fully saturated rings. The largest absolute Gasteiger partial charge is 0.493 e. The molecular formula is C13H20BrNO3S. The van der Waals surface area contributed by atoms with Gasteiger partial charge in [0.15, 0.2) is 0 Å². The normalized spacial score (nSPS) is 12.4. The van der Waals surface area contributed by atoms with Crippen molar-refractivity contribution < 1.29 is 13.2 Å². The fraction of sp³-hybridized carbons (Fsp3) is 0.538. The van der Waals surface area contributed by atoms with Gasteiger partial charge >= 0.3 is 0 Å². The van der Waals surface area contributed by atoms with Crippen molar-refractivity contribution >= 4 is 26.0 Å². The molecule has 0 aliphatic rings. The Morgan fingerprint density at radius 1 is 1.32 bits per heavy atom. The minimum atomic E-state index is -3.51. The summed E-state index contributed by atoms with van der Waals surface area (Å²) in [7, 11) is -3.51. The van der Waals surface area contributed by atoms with E-state index in [-0.39, 0.29) is 5.75 Å². The van der Waals surface area contributed by atoms with E-state index in [1.54, 1.807) is 0 Å². The molecule has 0 bridgehead atoms. The molecule has 0 atom stereocenters. The Hall–Kier alpha value is -0.590. The molecule has 2 N–H and O–H groups in total. The molecule has 0 saturated carbocycles. The molecule has 0 amide bonds. The SMILES string of the molecule is CCC(CC)(COc1cccc(Br)c1)CS(N)(=O)=O. The van der Waals surface area contributed by atoms with Crippen LogP contribution >= 0.6 is 15.9 Å². The fourth-order valence-electron chi connectivity index (χ4n) is 1.92. The van der Waals surface area contributed by atoms with Gasteiger partial charge in [-0.05, 0) is 31.0 Å². The summed E-state index contributed by atoms with van der Waals surface area (Å²) in [4.78, 5) is 0. The molecule has 0 aliphatic carbocycles. The van der Waals surface area contributed by atoms with Crippen LogP contribution in [0.3, 0.4) is 0 Å². The fourth-order valence-corrected chi connectivity index (χ4v) is 3.64. The molecule has 1 aromatic rings. The maximum absolute atomic E-state index is 11.3. The van der Waals surface area contributed by atoms with Gasteiger partial charge in [0.2, 0.25) is 10.0 Å². The van der Waals surface area contributed by atoms with E-state index in [9.17, 15) is 8.42 Å². The monoisotopic (exact) mass is 349 g/mol. The third-order valence-electron chi connectivity index (χ3n) is 3.35. The van der Waals surface area contributed by atoms with E-state index in [1.807, 2.05) is 38.1 Å². The van der Waals surface area contributed by atoms with Crippen LogP contribution in [0.25, 0.3) is 0 Å². The van der Waals surface area contributed by atoms with Crippen LogP contribution in [0.2, 0.25) is 0 Å². The molecular weight excluding hydrogens is 330 g/mol. The van der Waals surface area contributed by atoms with E-state index in [0.29, 0.717) is 19.4 Å². The van der Waals surface area contributed by atoms with Gasteiger partial charge in [-0.2, -0.15) is 0 Å². The summed E-state index contributed by atoms with van der Waals surface area (Å²) < 4.78 is 29.3. The van der Waals surface area contributed by atoms with Gasteiger partial charge in [-0.3, -0.25) is 0 Å². The molecule has 0 aliphatic heterocycles. The van der Waals surface area contributed by atoms with E-state index in [4.69, 9.17) is 9.88 Å². The van der Waals surface area contributed by atoms with Gasteiger partial charge in [0.05, 0.1) is 12.4 Å². The summed E-state index contributed by atoms with van der Waals surface area (Å²) >= 11 is 3.37. The molecule has 0 saturated heterocycles. The lowest BCUT2D eigenvalue weighted by molar-refractivity contribution is 0.154. The van der Waals surface area contributed by atoms with Crippen molar-refractivity contribution in [3.63, 3.8) is 0 Å². The van der Waals surface area contributed by atoms with Crippen molar-refractivity contribution in [2.24, 2.45) is 10.6 Å². The highest BCUT2D eigenvalue weighted by Crippen LogP contribution is 2.29. The van der Waals surface area contributed by atoms with Crippen LogP contribution in [0.1, 0.15) is 26.7 Å². The average Bonchev–Trinajstić information content (AvgIpc) is 2.33. The highest BCUT2D eigenvalue weighted by Gasteiger charge is 2.32. The van der Waals surface area contributed by atoms with Crippen LogP contribution in [0.5, 0.6) is 5.75 Å². The van der Waals surface area contributed by atoms with E-state index in [0.717, 1.165) is 10.2 Å². The second kappa shape index (κ2) is 6.72. The van der Waals surface area contributed by atoms with Gasteiger partial charge in [0, 0.05) is 9.89 Å². The molecule has 0 aromatic heterocycles. The van der Waals surface area contributed by atoms with E-state index >= 15 is 0 Å². The van der Waals surface area contributed by atoms with Gasteiger partial charge in [-0.15, -0.1) is 0 Å². The van der Waals surface area contributed by atoms with Crippen molar-refractivity contribution in [1.29, 1.82) is 0 Å². The lowest BCUT2D eigenvalue weighted by Gasteiger charge is -2.30. The first-order valence-electron chi connectivity index (χ1n) is 6.19. The van der Waals surface area contributed by atoms with Crippen molar-refractivity contribution in [1.82, 2.24) is 0 Å². The number of nitrogens with two attached hydrogens (primary N) is 1. The van der Waals surface area contributed by atoms with E-state index in [1.165, 1.54) is 0 Å². The standard InChI is InChI=1S/C13H20BrNO3S/c1-3-13(4-2,10-19(15,16)17)9-18-12-7-5-6-11(14)8-12/h5-8H,3-4,9-10H2,1-2H3,(H2,15,16,17). The Morgan fingerprint density at radius 3 is 2.42 bits per heavy atom. The van der Waals surface area contributed by atoms with Gasteiger partial charge < -0.3 is 4.74 Å². The lowest BCUT2D eigenvalue weighted by atomic mass is 9.85. The zero-order valence-electron chi connectivity index (χ0n) is 11.2. The predicted octanol–water partition coefficient (Wildman–Crippen LogP) is 2.92. The Labute approximate surface area is 123 Å². The summed E-state index contributed by atoms with van der Waals surface area (Å²) in [5.74, 6) is 0.663. The summed E-state index contributed by atoms with van der Waals surface area (Å²) in [6, 6.07) is 7.48. The van der Waals surface area contributed by atoms with Gasteiger partial charge in [-0.25, -0.2) is 13.6 Å². The number of hydrogen-bond donors (Lipinski definition) is 1. The quantitative estimate of drug-likeness (QED) is 0.822. The average molecular weight is 350 g/mol. The first-order chi connectivity index (χ1) is 8.80. The third kappa shape index (κ3) is 5.50. The second-order valence-corrected chi connectivity index (χ2v) is 7.29. The number of hydrogen-bond acceptors (Lipinski definition) is 3. The molecule has 1 rings (SSSR count). The van der Waals surface area contributed by atoms with Crippen molar-refractivity contribution in [3.8, 4) is 5.75 Å². The maximum Gasteiger partial charge on any atom is 0.209 e. The number of rotatable bonds is 7. The van der Waals surface area contributed by atoms with Gasteiger partial charge in [-0.1, -0.05) is 35.8 Å². The number of ether oxygens (including phenoxy) is 1. The number of halogens is 1. The van der Waals surface area contributed by atoms with Crippen LogP contribution in [0.15, 0.2) is 28.7 Å². The maximum atomic E-state index is 11.3. The Kier molecular flexibility index (Phi) is 5.82. The summed E-state index contributed by atoms with van der Waals surface area (Å²) in [6.45, 7) is 4.25. The van der Waals surface area contributed by atoms with Crippen LogP contribution in [0.4, 0.5) is 0 Å². The Bertz CT molecular complexity index is 512. The van der Waals surface area contributed by atoms with Gasteiger partial charge in [0.25, 0.3) is 0 Å².